The molecule has 202 valence electrons. The van der Waals surface area contributed by atoms with Gasteiger partial charge in [-0.05, 0) is 38.1 Å². The van der Waals surface area contributed by atoms with Gasteiger partial charge in [0.25, 0.3) is 0 Å². The van der Waals surface area contributed by atoms with Gasteiger partial charge in [0, 0.05) is 11.1 Å². The SMILES string of the molecule is CC(CC(=O)OC1COC2C(OC(=O)CC(C)/[N+]([O-])=C/c3ccccc3)COC12)/[N+]([O-])=C/c1ccccc1. The van der Waals surface area contributed by atoms with Crippen LogP contribution < -0.4 is 0 Å². The van der Waals surface area contributed by atoms with Gasteiger partial charge in [-0.2, -0.15) is 0 Å². The second-order valence-corrected chi connectivity index (χ2v) is 9.56. The molecule has 2 aliphatic heterocycles. The minimum absolute atomic E-state index is 0.0948. The molecule has 2 aliphatic rings. The third-order valence-corrected chi connectivity index (χ3v) is 6.47. The summed E-state index contributed by atoms with van der Waals surface area (Å²) >= 11 is 0. The highest BCUT2D eigenvalue weighted by molar-refractivity contribution is 5.76. The van der Waals surface area contributed by atoms with Crippen molar-refractivity contribution in [2.45, 2.75) is 63.2 Å². The molecule has 0 aliphatic carbocycles. The molecule has 0 spiro atoms. The van der Waals surface area contributed by atoms with E-state index in [4.69, 9.17) is 18.9 Å². The van der Waals surface area contributed by atoms with Crippen molar-refractivity contribution in [1.82, 2.24) is 0 Å². The maximum absolute atomic E-state index is 12.5. The summed E-state index contributed by atoms with van der Waals surface area (Å²) in [5, 5.41) is 24.7. The minimum atomic E-state index is -0.668. The fraction of sp³-hybridized carbons (Fsp3) is 0.429. The number of hydrogen-bond acceptors (Lipinski definition) is 8. The van der Waals surface area contributed by atoms with Crippen molar-refractivity contribution in [3.63, 3.8) is 0 Å². The second kappa shape index (κ2) is 12.7. The Morgan fingerprint density at radius 2 is 1.16 bits per heavy atom. The second-order valence-electron chi connectivity index (χ2n) is 9.56. The normalized spacial score (nSPS) is 24.9. The van der Waals surface area contributed by atoms with E-state index in [1.165, 1.54) is 12.4 Å². The molecule has 10 heteroatoms. The highest BCUT2D eigenvalue weighted by atomic mass is 16.7. The van der Waals surface area contributed by atoms with Crippen molar-refractivity contribution < 1.29 is 38.0 Å². The first-order chi connectivity index (χ1) is 18.3. The molecule has 2 saturated heterocycles. The molecule has 0 aromatic heterocycles. The molecule has 6 unspecified atom stereocenters. The average Bonchev–Trinajstić information content (AvgIpc) is 3.48. The Labute approximate surface area is 221 Å². The molecule has 6 atom stereocenters. The number of fused-ring (bicyclic) bond motifs is 1. The van der Waals surface area contributed by atoms with E-state index in [0.29, 0.717) is 0 Å². The number of esters is 2. The molecular formula is C28H32N2O8. The number of carbonyl (C=O) groups is 2. The van der Waals surface area contributed by atoms with E-state index in [-0.39, 0.29) is 26.1 Å². The third kappa shape index (κ3) is 7.17. The van der Waals surface area contributed by atoms with Gasteiger partial charge in [0.15, 0.2) is 36.7 Å². The zero-order valence-corrected chi connectivity index (χ0v) is 21.4. The standard InChI is InChI=1S/C28H32N2O8/c1-19(29(33)15-21-9-5-3-6-10-21)13-25(31)37-23-17-35-28-24(18-36-27(23)28)38-26(32)14-20(2)30(34)16-22-11-7-4-8-12-22/h3-12,15-16,19-20,23-24,27-28H,13-14,17-18H2,1-2H3/b29-15-,30-16-. The number of hydroxylamine groups is 2. The first kappa shape index (κ1) is 27.3. The topological polar surface area (TPSA) is 123 Å². The largest absolute Gasteiger partial charge is 0.624 e. The van der Waals surface area contributed by atoms with E-state index in [1.807, 2.05) is 36.4 Å². The molecule has 2 aromatic carbocycles. The van der Waals surface area contributed by atoms with Gasteiger partial charge in [-0.1, -0.05) is 36.4 Å². The molecule has 0 N–H and O–H groups in total. The number of benzene rings is 2. The van der Waals surface area contributed by atoms with Crippen molar-refractivity contribution in [1.29, 1.82) is 0 Å². The van der Waals surface area contributed by atoms with Gasteiger partial charge in [0.2, 0.25) is 0 Å². The fourth-order valence-electron chi connectivity index (χ4n) is 4.35. The van der Waals surface area contributed by atoms with Crippen LogP contribution in [0.25, 0.3) is 0 Å². The monoisotopic (exact) mass is 524 g/mol. The lowest BCUT2D eigenvalue weighted by molar-refractivity contribution is -0.491. The van der Waals surface area contributed by atoms with Crippen LogP contribution in [-0.4, -0.2) is 83.6 Å². The van der Waals surface area contributed by atoms with Crippen molar-refractivity contribution in [3.05, 3.63) is 82.2 Å². The Bertz CT molecular complexity index is 1060. The van der Waals surface area contributed by atoms with Crippen LogP contribution in [0.4, 0.5) is 0 Å². The van der Waals surface area contributed by atoms with Crippen LogP contribution >= 0.6 is 0 Å². The lowest BCUT2D eigenvalue weighted by atomic mass is 10.1. The first-order valence-corrected chi connectivity index (χ1v) is 12.6. The van der Waals surface area contributed by atoms with Gasteiger partial charge in [-0.15, -0.1) is 0 Å². The number of carbonyl (C=O) groups excluding carboxylic acids is 2. The van der Waals surface area contributed by atoms with E-state index in [2.05, 4.69) is 0 Å². The van der Waals surface area contributed by atoms with Gasteiger partial charge in [0.05, 0.1) is 13.2 Å². The summed E-state index contributed by atoms with van der Waals surface area (Å²) in [7, 11) is 0. The smallest absolute Gasteiger partial charge is 0.313 e. The van der Waals surface area contributed by atoms with Crippen LogP contribution in [0.3, 0.4) is 0 Å². The lowest BCUT2D eigenvalue weighted by Gasteiger charge is -2.19. The summed E-state index contributed by atoms with van der Waals surface area (Å²) in [6, 6.07) is 17.0. The summed E-state index contributed by atoms with van der Waals surface area (Å²) in [6.07, 6.45) is 0.149. The summed E-state index contributed by atoms with van der Waals surface area (Å²) in [5.74, 6) is -1.09. The van der Waals surface area contributed by atoms with Gasteiger partial charge < -0.3 is 29.4 Å². The van der Waals surface area contributed by atoms with Gasteiger partial charge in [-0.3, -0.25) is 9.59 Å². The molecule has 2 aromatic rings. The molecule has 0 saturated carbocycles. The van der Waals surface area contributed by atoms with Crippen LogP contribution in [0, 0.1) is 10.4 Å². The Morgan fingerprint density at radius 1 is 0.789 bits per heavy atom. The zero-order valence-electron chi connectivity index (χ0n) is 21.4. The molecule has 0 radical (unpaired) electrons. The molecule has 0 bridgehead atoms. The number of ether oxygens (including phenoxy) is 4. The molecular weight excluding hydrogens is 492 g/mol. The quantitative estimate of drug-likeness (QED) is 0.153. The highest BCUT2D eigenvalue weighted by Gasteiger charge is 2.51. The van der Waals surface area contributed by atoms with Crippen molar-refractivity contribution in [3.8, 4) is 0 Å². The van der Waals surface area contributed by atoms with E-state index in [1.54, 1.807) is 38.1 Å². The van der Waals surface area contributed by atoms with Crippen LogP contribution in [-0.2, 0) is 28.5 Å². The van der Waals surface area contributed by atoms with E-state index in [9.17, 15) is 20.0 Å². The predicted molar refractivity (Wildman–Crippen MR) is 138 cm³/mol. The average molecular weight is 525 g/mol. The molecule has 10 nitrogen and oxygen atoms in total. The van der Waals surface area contributed by atoms with E-state index in [0.717, 1.165) is 20.6 Å². The molecule has 4 rings (SSSR count). The summed E-state index contributed by atoms with van der Waals surface area (Å²) in [5.41, 5.74) is 1.47. The van der Waals surface area contributed by atoms with E-state index >= 15 is 0 Å². The number of nitrogens with zero attached hydrogens (tertiary/aromatic N) is 2. The number of rotatable bonds is 10. The molecule has 38 heavy (non-hydrogen) atoms. The third-order valence-electron chi connectivity index (χ3n) is 6.47. The Kier molecular flexibility index (Phi) is 9.09. The molecule has 2 fully saturated rings. The first-order valence-electron chi connectivity index (χ1n) is 12.6. The summed E-state index contributed by atoms with van der Waals surface area (Å²) in [6.45, 7) is 3.48. The van der Waals surface area contributed by atoms with Crippen LogP contribution in [0.1, 0.15) is 37.8 Å². The lowest BCUT2D eigenvalue weighted by Crippen LogP contribution is -2.37. The Balaban J connectivity index is 1.23. The highest BCUT2D eigenvalue weighted by Crippen LogP contribution is 2.31. The van der Waals surface area contributed by atoms with Gasteiger partial charge in [0.1, 0.15) is 25.0 Å². The van der Waals surface area contributed by atoms with Gasteiger partial charge >= 0.3 is 11.9 Å². The maximum atomic E-state index is 12.5. The van der Waals surface area contributed by atoms with Crippen LogP contribution in [0.5, 0.6) is 0 Å². The summed E-state index contributed by atoms with van der Waals surface area (Å²) < 4.78 is 24.0. The summed E-state index contributed by atoms with van der Waals surface area (Å²) in [4.78, 5) is 25.0. The van der Waals surface area contributed by atoms with Crippen molar-refractivity contribution in [2.75, 3.05) is 13.2 Å². The van der Waals surface area contributed by atoms with Crippen LogP contribution in [0.2, 0.25) is 0 Å². The van der Waals surface area contributed by atoms with Crippen molar-refractivity contribution in [2.24, 2.45) is 0 Å². The minimum Gasteiger partial charge on any atom is -0.624 e. The Morgan fingerprint density at radius 3 is 1.53 bits per heavy atom. The van der Waals surface area contributed by atoms with Gasteiger partial charge in [-0.25, -0.2) is 9.48 Å². The van der Waals surface area contributed by atoms with Crippen molar-refractivity contribution >= 4 is 24.4 Å². The maximum Gasteiger partial charge on any atom is 0.313 e. The Hall–Kier alpha value is -3.76. The molecule has 0 amide bonds. The molecule has 2 heterocycles. The predicted octanol–water partition coefficient (Wildman–Crippen LogP) is 2.42. The zero-order chi connectivity index (χ0) is 27.1. The van der Waals surface area contributed by atoms with E-state index < -0.39 is 48.4 Å². The van der Waals surface area contributed by atoms with Crippen LogP contribution in [0.15, 0.2) is 60.7 Å². The number of hydrogen-bond donors (Lipinski definition) is 0. The fourth-order valence-corrected chi connectivity index (χ4v) is 4.35.